The molecule has 1 unspecified atom stereocenters. The lowest BCUT2D eigenvalue weighted by molar-refractivity contribution is 0.285. The van der Waals surface area contributed by atoms with Gasteiger partial charge in [-0.1, -0.05) is 6.92 Å². The lowest BCUT2D eigenvalue weighted by atomic mass is 10.0. The third-order valence-electron chi connectivity index (χ3n) is 3.26. The Morgan fingerprint density at radius 2 is 1.70 bits per heavy atom. The van der Waals surface area contributed by atoms with Gasteiger partial charge in [-0.05, 0) is 51.2 Å². The van der Waals surface area contributed by atoms with Gasteiger partial charge in [0.1, 0.15) is 5.82 Å². The SMILES string of the molecule is CCOc1cc(F)c(CCCC(N)CC)cc1OCC. The normalized spacial score (nSPS) is 12.2. The number of hydrogen-bond donors (Lipinski definition) is 1. The van der Waals surface area contributed by atoms with E-state index < -0.39 is 0 Å². The monoisotopic (exact) mass is 283 g/mol. The van der Waals surface area contributed by atoms with Crippen LogP contribution in [0.4, 0.5) is 4.39 Å². The van der Waals surface area contributed by atoms with Crippen molar-refractivity contribution in [3.63, 3.8) is 0 Å². The van der Waals surface area contributed by atoms with Crippen LogP contribution in [0.1, 0.15) is 45.6 Å². The van der Waals surface area contributed by atoms with Gasteiger partial charge in [-0.3, -0.25) is 0 Å². The molecule has 0 aliphatic heterocycles. The van der Waals surface area contributed by atoms with Gasteiger partial charge in [0, 0.05) is 12.1 Å². The summed E-state index contributed by atoms with van der Waals surface area (Å²) in [6.45, 7) is 6.86. The van der Waals surface area contributed by atoms with Gasteiger partial charge in [0.25, 0.3) is 0 Å². The number of nitrogens with two attached hydrogens (primary N) is 1. The smallest absolute Gasteiger partial charge is 0.164 e. The maximum absolute atomic E-state index is 14.0. The van der Waals surface area contributed by atoms with Gasteiger partial charge in [-0.2, -0.15) is 0 Å². The minimum Gasteiger partial charge on any atom is -0.490 e. The Balaban J connectivity index is 2.77. The number of aryl methyl sites for hydroxylation is 1. The number of halogens is 1. The zero-order valence-corrected chi connectivity index (χ0v) is 12.7. The highest BCUT2D eigenvalue weighted by Crippen LogP contribution is 2.31. The summed E-state index contributed by atoms with van der Waals surface area (Å²) in [5.74, 6) is 0.855. The minimum atomic E-state index is -0.234. The summed E-state index contributed by atoms with van der Waals surface area (Å²) in [7, 11) is 0. The summed E-state index contributed by atoms with van der Waals surface area (Å²) in [5, 5.41) is 0. The fourth-order valence-electron chi connectivity index (χ4n) is 2.06. The van der Waals surface area contributed by atoms with Crippen LogP contribution in [0.25, 0.3) is 0 Å². The molecule has 3 nitrogen and oxygen atoms in total. The fourth-order valence-corrected chi connectivity index (χ4v) is 2.06. The average molecular weight is 283 g/mol. The summed E-state index contributed by atoms with van der Waals surface area (Å²) < 4.78 is 25.0. The molecule has 0 radical (unpaired) electrons. The molecule has 1 rings (SSSR count). The van der Waals surface area contributed by atoms with Gasteiger partial charge < -0.3 is 15.2 Å². The van der Waals surface area contributed by atoms with Gasteiger partial charge in [-0.25, -0.2) is 4.39 Å². The Hall–Kier alpha value is -1.29. The van der Waals surface area contributed by atoms with Gasteiger partial charge in [0.05, 0.1) is 13.2 Å². The molecule has 2 N–H and O–H groups in total. The molecule has 1 aromatic rings. The van der Waals surface area contributed by atoms with Crippen molar-refractivity contribution in [1.29, 1.82) is 0 Å². The molecule has 20 heavy (non-hydrogen) atoms. The largest absolute Gasteiger partial charge is 0.490 e. The first-order valence-corrected chi connectivity index (χ1v) is 7.45. The Morgan fingerprint density at radius 1 is 1.10 bits per heavy atom. The van der Waals surface area contributed by atoms with Crippen LogP contribution in [0.2, 0.25) is 0 Å². The second kappa shape index (κ2) is 8.80. The van der Waals surface area contributed by atoms with E-state index >= 15 is 0 Å². The highest BCUT2D eigenvalue weighted by atomic mass is 19.1. The van der Waals surface area contributed by atoms with E-state index in [4.69, 9.17) is 15.2 Å². The molecular weight excluding hydrogens is 257 g/mol. The van der Waals surface area contributed by atoms with Crippen molar-refractivity contribution in [2.75, 3.05) is 13.2 Å². The van der Waals surface area contributed by atoms with Gasteiger partial charge in [0.2, 0.25) is 0 Å². The quantitative estimate of drug-likeness (QED) is 0.752. The van der Waals surface area contributed by atoms with Crippen molar-refractivity contribution in [2.45, 2.75) is 52.5 Å². The number of benzene rings is 1. The van der Waals surface area contributed by atoms with Crippen LogP contribution < -0.4 is 15.2 Å². The van der Waals surface area contributed by atoms with Crippen LogP contribution in [0.5, 0.6) is 11.5 Å². The maximum atomic E-state index is 14.0. The van der Waals surface area contributed by atoms with E-state index in [9.17, 15) is 4.39 Å². The van der Waals surface area contributed by atoms with E-state index in [0.29, 0.717) is 36.7 Å². The van der Waals surface area contributed by atoms with Crippen LogP contribution in [-0.4, -0.2) is 19.3 Å². The van der Waals surface area contributed by atoms with Crippen molar-refractivity contribution in [3.8, 4) is 11.5 Å². The van der Waals surface area contributed by atoms with E-state index in [1.54, 1.807) is 6.07 Å². The van der Waals surface area contributed by atoms with E-state index in [1.807, 2.05) is 13.8 Å². The summed E-state index contributed by atoms with van der Waals surface area (Å²) in [6.07, 6.45) is 3.42. The van der Waals surface area contributed by atoms with E-state index in [1.165, 1.54) is 6.07 Å². The molecule has 0 spiro atoms. The zero-order valence-electron chi connectivity index (χ0n) is 12.7. The highest BCUT2D eigenvalue weighted by Gasteiger charge is 2.12. The number of ether oxygens (including phenoxy) is 2. The molecule has 0 saturated carbocycles. The van der Waals surface area contributed by atoms with Crippen LogP contribution in [0.15, 0.2) is 12.1 Å². The van der Waals surface area contributed by atoms with Crippen LogP contribution in [-0.2, 0) is 6.42 Å². The lowest BCUT2D eigenvalue weighted by Gasteiger charge is -2.14. The highest BCUT2D eigenvalue weighted by molar-refractivity contribution is 5.44. The molecule has 0 fully saturated rings. The van der Waals surface area contributed by atoms with Gasteiger partial charge >= 0.3 is 0 Å². The van der Waals surface area contributed by atoms with E-state index in [0.717, 1.165) is 19.3 Å². The molecule has 0 amide bonds. The predicted octanol–water partition coefficient (Wildman–Crippen LogP) is 3.68. The Bertz CT molecular complexity index is 410. The Morgan fingerprint density at radius 3 is 2.25 bits per heavy atom. The molecule has 1 aromatic carbocycles. The first kappa shape index (κ1) is 16.8. The topological polar surface area (TPSA) is 44.5 Å². The molecule has 0 aliphatic carbocycles. The van der Waals surface area contributed by atoms with Crippen LogP contribution in [0.3, 0.4) is 0 Å². The first-order valence-electron chi connectivity index (χ1n) is 7.45. The first-order chi connectivity index (χ1) is 9.62. The summed E-state index contributed by atoms with van der Waals surface area (Å²) in [4.78, 5) is 0. The molecule has 114 valence electrons. The third-order valence-corrected chi connectivity index (χ3v) is 3.26. The molecule has 0 heterocycles. The molecule has 0 bridgehead atoms. The fraction of sp³-hybridized carbons (Fsp3) is 0.625. The minimum absolute atomic E-state index is 0.201. The van der Waals surface area contributed by atoms with Crippen LogP contribution in [0, 0.1) is 5.82 Å². The maximum Gasteiger partial charge on any atom is 0.164 e. The van der Waals surface area contributed by atoms with E-state index in [2.05, 4.69) is 6.92 Å². The number of hydrogen-bond acceptors (Lipinski definition) is 3. The summed E-state index contributed by atoms with van der Waals surface area (Å²) in [5.41, 5.74) is 6.54. The van der Waals surface area contributed by atoms with Crippen molar-refractivity contribution in [2.24, 2.45) is 5.73 Å². The van der Waals surface area contributed by atoms with Crippen molar-refractivity contribution >= 4 is 0 Å². The van der Waals surface area contributed by atoms with Crippen LogP contribution >= 0.6 is 0 Å². The summed E-state index contributed by atoms with van der Waals surface area (Å²) >= 11 is 0. The van der Waals surface area contributed by atoms with Gasteiger partial charge in [0.15, 0.2) is 11.5 Å². The Kier molecular flexibility index (Phi) is 7.37. The van der Waals surface area contributed by atoms with Crippen molar-refractivity contribution in [1.82, 2.24) is 0 Å². The lowest BCUT2D eigenvalue weighted by Crippen LogP contribution is -2.18. The van der Waals surface area contributed by atoms with Gasteiger partial charge in [-0.15, -0.1) is 0 Å². The van der Waals surface area contributed by atoms with Crippen molar-refractivity contribution < 1.29 is 13.9 Å². The average Bonchev–Trinajstić information content (AvgIpc) is 2.43. The third kappa shape index (κ3) is 5.00. The standard InChI is InChI=1S/C16H26FNO2/c1-4-13(18)9-7-8-12-10-15(19-5-2)16(20-6-3)11-14(12)17/h10-11,13H,4-9,18H2,1-3H3. The zero-order chi connectivity index (χ0) is 15.0. The molecule has 0 aliphatic rings. The molecule has 1 atom stereocenters. The Labute approximate surface area is 121 Å². The summed E-state index contributed by atoms with van der Waals surface area (Å²) in [6, 6.07) is 3.37. The predicted molar refractivity (Wildman–Crippen MR) is 79.9 cm³/mol. The second-order valence-corrected chi connectivity index (χ2v) is 4.82. The van der Waals surface area contributed by atoms with E-state index in [-0.39, 0.29) is 11.9 Å². The number of rotatable bonds is 9. The molecule has 4 heteroatoms. The molecular formula is C16H26FNO2. The molecule has 0 aromatic heterocycles. The second-order valence-electron chi connectivity index (χ2n) is 4.82. The van der Waals surface area contributed by atoms with Crippen molar-refractivity contribution in [3.05, 3.63) is 23.5 Å². The molecule has 0 saturated heterocycles.